The van der Waals surface area contributed by atoms with Crippen molar-refractivity contribution < 1.29 is 26.5 Å². The molecule has 0 aliphatic rings. The Bertz CT molecular complexity index is 501. The molecular weight excluding hydrogens is 263 g/mol. The van der Waals surface area contributed by atoms with Crippen LogP contribution >= 0.6 is 0 Å². The molecule has 7 heteroatoms. The Morgan fingerprint density at radius 3 is 1.78 bits per heavy atom. The number of ether oxygens (including phenoxy) is 3. The van der Waals surface area contributed by atoms with Gasteiger partial charge in [0.05, 0.1) is 21.3 Å². The van der Waals surface area contributed by atoms with Crippen molar-refractivity contribution in [3.05, 3.63) is 17.7 Å². The molecule has 0 N–H and O–H groups in total. The molecule has 1 aromatic rings. The summed E-state index contributed by atoms with van der Waals surface area (Å²) in [6, 6.07) is 2.81. The molecule has 0 saturated heterocycles. The second kappa shape index (κ2) is 5.43. The lowest BCUT2D eigenvalue weighted by Gasteiger charge is -2.15. The maximum atomic E-state index is 13.0. The van der Waals surface area contributed by atoms with Gasteiger partial charge >= 0.3 is 10.2 Å². The van der Waals surface area contributed by atoms with Crippen molar-refractivity contribution in [3.63, 3.8) is 0 Å². The molecule has 0 saturated carbocycles. The van der Waals surface area contributed by atoms with Gasteiger partial charge in [0.1, 0.15) is 5.25 Å². The molecule has 1 atom stereocenters. The van der Waals surface area contributed by atoms with Crippen molar-refractivity contribution in [2.75, 3.05) is 21.3 Å². The number of hydrogen-bond donors (Lipinski definition) is 0. The molecule has 0 heterocycles. The lowest BCUT2D eigenvalue weighted by molar-refractivity contribution is 0.323. The van der Waals surface area contributed by atoms with Crippen LogP contribution in [0.2, 0.25) is 0 Å². The first kappa shape index (κ1) is 14.6. The van der Waals surface area contributed by atoms with Crippen molar-refractivity contribution in [1.29, 1.82) is 0 Å². The van der Waals surface area contributed by atoms with E-state index in [0.717, 1.165) is 0 Å². The number of halogens is 1. The molecule has 1 rings (SSSR count). The Labute approximate surface area is 106 Å². The van der Waals surface area contributed by atoms with Crippen LogP contribution in [0, 0.1) is 0 Å². The standard InChI is InChI=1S/C11H15FO5S/c1-7(18(12,13)14)8-5-9(15-2)11(17-4)10(6-8)16-3/h5-7H,1-4H3. The minimum Gasteiger partial charge on any atom is -0.493 e. The van der Waals surface area contributed by atoms with Gasteiger partial charge in [0, 0.05) is 0 Å². The Morgan fingerprint density at radius 2 is 1.50 bits per heavy atom. The lowest BCUT2D eigenvalue weighted by Crippen LogP contribution is -2.05. The Balaban J connectivity index is 3.41. The van der Waals surface area contributed by atoms with Crippen LogP contribution in [0.25, 0.3) is 0 Å². The molecule has 102 valence electrons. The molecule has 0 bridgehead atoms. The molecule has 18 heavy (non-hydrogen) atoms. The van der Waals surface area contributed by atoms with Gasteiger partial charge in [-0.25, -0.2) is 0 Å². The number of hydrogen-bond acceptors (Lipinski definition) is 5. The van der Waals surface area contributed by atoms with E-state index >= 15 is 0 Å². The molecule has 0 fully saturated rings. The van der Waals surface area contributed by atoms with E-state index in [0.29, 0.717) is 5.75 Å². The first-order chi connectivity index (χ1) is 8.35. The van der Waals surface area contributed by atoms with Gasteiger partial charge in [0.25, 0.3) is 0 Å². The van der Waals surface area contributed by atoms with Gasteiger partial charge in [-0.1, -0.05) is 0 Å². The summed E-state index contributed by atoms with van der Waals surface area (Å²) in [4.78, 5) is 0. The first-order valence-corrected chi connectivity index (χ1v) is 6.53. The van der Waals surface area contributed by atoms with Crippen LogP contribution in [0.4, 0.5) is 3.89 Å². The Hall–Kier alpha value is -1.50. The van der Waals surface area contributed by atoms with Crippen LogP contribution in [-0.4, -0.2) is 29.7 Å². The summed E-state index contributed by atoms with van der Waals surface area (Å²) < 4.78 is 50.0. The fourth-order valence-electron chi connectivity index (χ4n) is 1.50. The zero-order chi connectivity index (χ0) is 13.9. The molecule has 0 aliphatic heterocycles. The zero-order valence-corrected chi connectivity index (χ0v) is 11.4. The Morgan fingerprint density at radius 1 is 1.06 bits per heavy atom. The molecule has 5 nitrogen and oxygen atoms in total. The average molecular weight is 278 g/mol. The van der Waals surface area contributed by atoms with Gasteiger partial charge in [-0.2, -0.15) is 8.42 Å². The third-order valence-corrected chi connectivity index (χ3v) is 3.70. The second-order valence-corrected chi connectivity index (χ2v) is 5.23. The average Bonchev–Trinajstić information content (AvgIpc) is 2.34. The summed E-state index contributed by atoms with van der Waals surface area (Å²) in [7, 11) is -0.454. The van der Waals surface area contributed by atoms with Gasteiger partial charge in [-0.05, 0) is 24.6 Å². The van der Waals surface area contributed by atoms with E-state index in [1.165, 1.54) is 40.4 Å². The predicted octanol–water partition coefficient (Wildman–Crippen LogP) is 2.07. The summed E-state index contributed by atoms with van der Waals surface area (Å²) in [5.41, 5.74) is 0.229. The molecule has 0 aliphatic carbocycles. The maximum absolute atomic E-state index is 13.0. The SMILES string of the molecule is COc1cc(C(C)S(=O)(=O)F)cc(OC)c1OC. The first-order valence-electron chi connectivity index (χ1n) is 5.08. The normalized spacial score (nSPS) is 12.9. The molecule has 0 amide bonds. The van der Waals surface area contributed by atoms with Gasteiger partial charge < -0.3 is 14.2 Å². The Kier molecular flexibility index (Phi) is 4.39. The van der Waals surface area contributed by atoms with Crippen molar-refractivity contribution in [2.45, 2.75) is 12.2 Å². The van der Waals surface area contributed by atoms with Crippen LogP contribution in [0.15, 0.2) is 12.1 Å². The summed E-state index contributed by atoms with van der Waals surface area (Å²) in [5, 5.41) is -1.30. The molecule has 0 radical (unpaired) electrons. The molecule has 1 aromatic carbocycles. The van der Waals surface area contributed by atoms with E-state index in [1.54, 1.807) is 0 Å². The van der Waals surface area contributed by atoms with Crippen molar-refractivity contribution in [3.8, 4) is 17.2 Å². The zero-order valence-electron chi connectivity index (χ0n) is 10.6. The topological polar surface area (TPSA) is 61.8 Å². The molecule has 0 spiro atoms. The van der Waals surface area contributed by atoms with Crippen LogP contribution in [0.1, 0.15) is 17.7 Å². The third kappa shape index (κ3) is 2.84. The van der Waals surface area contributed by atoms with Crippen LogP contribution in [-0.2, 0) is 10.2 Å². The van der Waals surface area contributed by atoms with Crippen molar-refractivity contribution in [2.24, 2.45) is 0 Å². The monoisotopic (exact) mass is 278 g/mol. The maximum Gasteiger partial charge on any atom is 0.309 e. The minimum atomic E-state index is -4.68. The second-order valence-electron chi connectivity index (χ2n) is 3.58. The summed E-state index contributed by atoms with van der Waals surface area (Å²) in [6.45, 7) is 1.25. The van der Waals surface area contributed by atoms with E-state index < -0.39 is 15.5 Å². The van der Waals surface area contributed by atoms with Gasteiger partial charge in [-0.15, -0.1) is 3.89 Å². The van der Waals surface area contributed by atoms with E-state index in [2.05, 4.69) is 0 Å². The van der Waals surface area contributed by atoms with Crippen molar-refractivity contribution >= 4 is 10.2 Å². The molecular formula is C11H15FO5S. The number of benzene rings is 1. The fourth-order valence-corrected chi connectivity index (χ4v) is 1.96. The summed E-state index contributed by atoms with van der Waals surface area (Å²) >= 11 is 0. The largest absolute Gasteiger partial charge is 0.493 e. The highest BCUT2D eigenvalue weighted by molar-refractivity contribution is 7.86. The van der Waals surface area contributed by atoms with Gasteiger partial charge in [0.2, 0.25) is 5.75 Å². The van der Waals surface area contributed by atoms with Crippen LogP contribution < -0.4 is 14.2 Å². The minimum absolute atomic E-state index is 0.229. The number of rotatable bonds is 5. The van der Waals surface area contributed by atoms with E-state index in [1.807, 2.05) is 0 Å². The van der Waals surface area contributed by atoms with Crippen LogP contribution in [0.3, 0.4) is 0 Å². The highest BCUT2D eigenvalue weighted by Crippen LogP contribution is 2.41. The van der Waals surface area contributed by atoms with Gasteiger partial charge in [-0.3, -0.25) is 0 Å². The smallest absolute Gasteiger partial charge is 0.309 e. The fraction of sp³-hybridized carbons (Fsp3) is 0.455. The van der Waals surface area contributed by atoms with E-state index in [-0.39, 0.29) is 17.1 Å². The highest BCUT2D eigenvalue weighted by Gasteiger charge is 2.25. The van der Waals surface area contributed by atoms with Crippen molar-refractivity contribution in [1.82, 2.24) is 0 Å². The summed E-state index contributed by atoms with van der Waals surface area (Å²) in [6.07, 6.45) is 0. The highest BCUT2D eigenvalue weighted by atomic mass is 32.3. The third-order valence-electron chi connectivity index (χ3n) is 2.58. The van der Waals surface area contributed by atoms with Gasteiger partial charge in [0.15, 0.2) is 11.5 Å². The number of methoxy groups -OCH3 is 3. The van der Waals surface area contributed by atoms with Crippen LogP contribution in [0.5, 0.6) is 17.2 Å². The van der Waals surface area contributed by atoms with E-state index in [9.17, 15) is 12.3 Å². The quantitative estimate of drug-likeness (QED) is 0.772. The molecule has 1 unspecified atom stereocenters. The van der Waals surface area contributed by atoms with E-state index in [4.69, 9.17) is 14.2 Å². The lowest BCUT2D eigenvalue weighted by atomic mass is 10.1. The summed E-state index contributed by atoms with van der Waals surface area (Å²) in [5.74, 6) is 0.886. The molecule has 0 aromatic heterocycles. The predicted molar refractivity (Wildman–Crippen MR) is 64.5 cm³/mol.